The van der Waals surface area contributed by atoms with Crippen molar-refractivity contribution in [3.05, 3.63) is 24.3 Å². The largest absolute Gasteiger partial charge is 0.462 e. The first-order valence-electron chi connectivity index (χ1n) is 31.3. The minimum atomic E-state index is -0.774. The Hall–Kier alpha value is -2.11. The first-order chi connectivity index (χ1) is 34.5. The van der Waals surface area contributed by atoms with Crippen LogP contribution >= 0.6 is 0 Å². The fraction of sp³-hybridized carbons (Fsp3) is 0.891. The molecule has 0 aromatic heterocycles. The van der Waals surface area contributed by atoms with E-state index in [2.05, 4.69) is 45.1 Å². The van der Waals surface area contributed by atoms with Crippen LogP contribution in [0.2, 0.25) is 0 Å². The van der Waals surface area contributed by atoms with E-state index in [-0.39, 0.29) is 31.1 Å². The number of esters is 3. The molecule has 70 heavy (non-hydrogen) atoms. The van der Waals surface area contributed by atoms with Crippen LogP contribution in [0.5, 0.6) is 0 Å². The van der Waals surface area contributed by atoms with Crippen molar-refractivity contribution in [2.75, 3.05) is 13.2 Å². The zero-order valence-corrected chi connectivity index (χ0v) is 47.3. The summed E-state index contributed by atoms with van der Waals surface area (Å²) in [7, 11) is 0. The van der Waals surface area contributed by atoms with Gasteiger partial charge in [-0.3, -0.25) is 14.4 Å². The molecule has 0 heterocycles. The van der Waals surface area contributed by atoms with Gasteiger partial charge in [-0.05, 0) is 70.6 Å². The topological polar surface area (TPSA) is 78.9 Å². The fourth-order valence-corrected chi connectivity index (χ4v) is 9.44. The van der Waals surface area contributed by atoms with Crippen LogP contribution in [0.3, 0.4) is 0 Å². The van der Waals surface area contributed by atoms with Crippen molar-refractivity contribution in [1.29, 1.82) is 0 Å². The SMILES string of the molecule is CCCCCCCC/C=C\CCCCCCCCCC(=O)OC(COC(=O)CCCCCCC/C=C\CCCCCCCC)COC(=O)CCCCCCCCCCCCCCCCCCCCCC. The Morgan fingerprint density at radius 2 is 0.471 bits per heavy atom. The van der Waals surface area contributed by atoms with E-state index >= 15 is 0 Å². The molecule has 0 aromatic carbocycles. The van der Waals surface area contributed by atoms with E-state index in [4.69, 9.17) is 14.2 Å². The average Bonchev–Trinajstić information content (AvgIpc) is 3.36. The van der Waals surface area contributed by atoms with Crippen molar-refractivity contribution < 1.29 is 28.6 Å². The van der Waals surface area contributed by atoms with E-state index in [9.17, 15) is 14.4 Å². The van der Waals surface area contributed by atoms with Crippen LogP contribution in [-0.2, 0) is 28.6 Å². The summed E-state index contributed by atoms with van der Waals surface area (Å²) in [5.74, 6) is -0.859. The molecule has 0 amide bonds. The lowest BCUT2D eigenvalue weighted by Crippen LogP contribution is -2.30. The highest BCUT2D eigenvalue weighted by atomic mass is 16.6. The monoisotopic (exact) mass is 985 g/mol. The van der Waals surface area contributed by atoms with Crippen molar-refractivity contribution in [2.45, 2.75) is 354 Å². The number of unbranched alkanes of at least 4 members (excludes halogenated alkanes) is 43. The van der Waals surface area contributed by atoms with E-state index in [0.29, 0.717) is 19.3 Å². The fourth-order valence-electron chi connectivity index (χ4n) is 9.44. The Morgan fingerprint density at radius 3 is 0.714 bits per heavy atom. The van der Waals surface area contributed by atoms with Crippen molar-refractivity contribution in [1.82, 2.24) is 0 Å². The second-order valence-corrected chi connectivity index (χ2v) is 21.3. The van der Waals surface area contributed by atoms with Crippen LogP contribution in [0.25, 0.3) is 0 Å². The van der Waals surface area contributed by atoms with Gasteiger partial charge < -0.3 is 14.2 Å². The molecule has 0 spiro atoms. The Balaban J connectivity index is 4.31. The molecule has 0 saturated heterocycles. The molecule has 0 radical (unpaired) electrons. The van der Waals surface area contributed by atoms with Gasteiger partial charge in [0.05, 0.1) is 0 Å². The predicted molar refractivity (Wildman–Crippen MR) is 303 cm³/mol. The molecular formula is C64H120O6. The minimum absolute atomic E-state index is 0.0707. The lowest BCUT2D eigenvalue weighted by atomic mass is 10.0. The zero-order valence-electron chi connectivity index (χ0n) is 47.3. The first-order valence-corrected chi connectivity index (χ1v) is 31.3. The van der Waals surface area contributed by atoms with E-state index in [1.165, 1.54) is 244 Å². The average molecular weight is 986 g/mol. The molecule has 0 bridgehead atoms. The molecule has 0 rings (SSSR count). The van der Waals surface area contributed by atoms with Gasteiger partial charge in [-0.2, -0.15) is 0 Å². The molecule has 0 aliphatic heterocycles. The van der Waals surface area contributed by atoms with Gasteiger partial charge in [-0.1, -0.05) is 283 Å². The quantitative estimate of drug-likeness (QED) is 0.0261. The first kappa shape index (κ1) is 67.9. The van der Waals surface area contributed by atoms with E-state index in [0.717, 1.165) is 64.2 Å². The molecule has 1 unspecified atom stereocenters. The summed E-state index contributed by atoms with van der Waals surface area (Å²) in [6.07, 6.45) is 70.3. The molecule has 0 aliphatic carbocycles. The third-order valence-electron chi connectivity index (χ3n) is 14.2. The highest BCUT2D eigenvalue weighted by Gasteiger charge is 2.19. The Bertz CT molecular complexity index is 1130. The van der Waals surface area contributed by atoms with Crippen molar-refractivity contribution in [2.24, 2.45) is 0 Å². The van der Waals surface area contributed by atoms with E-state index < -0.39 is 6.10 Å². The Labute approximate surface area is 436 Å². The lowest BCUT2D eigenvalue weighted by Gasteiger charge is -2.18. The number of ether oxygens (including phenoxy) is 3. The Kier molecular flexibility index (Phi) is 57.7. The maximum Gasteiger partial charge on any atom is 0.306 e. The predicted octanol–water partition coefficient (Wildman–Crippen LogP) is 21.1. The normalized spacial score (nSPS) is 12.1. The second-order valence-electron chi connectivity index (χ2n) is 21.3. The van der Waals surface area contributed by atoms with Gasteiger partial charge >= 0.3 is 17.9 Å². The molecule has 1 atom stereocenters. The Morgan fingerprint density at radius 1 is 0.271 bits per heavy atom. The molecule has 0 aromatic rings. The molecular weight excluding hydrogens is 865 g/mol. The van der Waals surface area contributed by atoms with Crippen LogP contribution in [0, 0.1) is 0 Å². The van der Waals surface area contributed by atoms with Crippen molar-refractivity contribution >= 4 is 17.9 Å². The third kappa shape index (κ3) is 56.8. The highest BCUT2D eigenvalue weighted by molar-refractivity contribution is 5.71. The molecule has 0 fully saturated rings. The highest BCUT2D eigenvalue weighted by Crippen LogP contribution is 2.17. The maximum atomic E-state index is 12.9. The number of carbonyl (C=O) groups excluding carboxylic acids is 3. The van der Waals surface area contributed by atoms with Crippen LogP contribution in [0.15, 0.2) is 24.3 Å². The van der Waals surface area contributed by atoms with Crippen molar-refractivity contribution in [3.63, 3.8) is 0 Å². The molecule has 412 valence electrons. The maximum absolute atomic E-state index is 12.9. The van der Waals surface area contributed by atoms with Gasteiger partial charge in [0.15, 0.2) is 6.10 Å². The molecule has 6 nitrogen and oxygen atoms in total. The summed E-state index contributed by atoms with van der Waals surface area (Å²) < 4.78 is 16.9. The van der Waals surface area contributed by atoms with Gasteiger partial charge in [0, 0.05) is 19.3 Å². The van der Waals surface area contributed by atoms with Gasteiger partial charge in [-0.25, -0.2) is 0 Å². The smallest absolute Gasteiger partial charge is 0.306 e. The molecule has 0 N–H and O–H groups in total. The van der Waals surface area contributed by atoms with Crippen molar-refractivity contribution in [3.8, 4) is 0 Å². The zero-order chi connectivity index (χ0) is 50.7. The summed E-state index contributed by atoms with van der Waals surface area (Å²) in [6, 6.07) is 0. The van der Waals surface area contributed by atoms with Crippen LogP contribution in [-0.4, -0.2) is 37.2 Å². The summed E-state index contributed by atoms with van der Waals surface area (Å²) >= 11 is 0. The minimum Gasteiger partial charge on any atom is -0.462 e. The summed E-state index contributed by atoms with van der Waals surface area (Å²) in [5, 5.41) is 0. The number of rotatable bonds is 58. The number of allylic oxidation sites excluding steroid dienone is 4. The van der Waals surface area contributed by atoms with Gasteiger partial charge in [0.2, 0.25) is 0 Å². The molecule has 0 aliphatic rings. The number of carbonyl (C=O) groups is 3. The number of hydrogen-bond donors (Lipinski definition) is 0. The van der Waals surface area contributed by atoms with Gasteiger partial charge in [0.1, 0.15) is 13.2 Å². The molecule has 6 heteroatoms. The standard InChI is InChI=1S/C64H120O6/c1-4-7-10-13-16-19-22-25-28-30-31-32-34-36-39-42-45-48-51-54-57-63(66)69-60-61(59-68-62(65)56-53-50-47-44-41-38-35-27-24-21-18-15-12-9-6-3)70-64(67)58-55-52-49-46-43-40-37-33-29-26-23-20-17-14-11-8-5-2/h26-27,29,35,61H,4-25,28,30-34,36-60H2,1-3H3/b29-26-,35-27-. The van der Waals surface area contributed by atoms with E-state index in [1.54, 1.807) is 0 Å². The summed E-state index contributed by atoms with van der Waals surface area (Å²) in [5.41, 5.74) is 0. The van der Waals surface area contributed by atoms with Gasteiger partial charge in [0.25, 0.3) is 0 Å². The van der Waals surface area contributed by atoms with Crippen LogP contribution < -0.4 is 0 Å². The second kappa shape index (κ2) is 59.5. The van der Waals surface area contributed by atoms with Crippen LogP contribution in [0.4, 0.5) is 0 Å². The van der Waals surface area contributed by atoms with Crippen LogP contribution in [0.1, 0.15) is 348 Å². The third-order valence-corrected chi connectivity index (χ3v) is 14.2. The molecule has 0 saturated carbocycles. The lowest BCUT2D eigenvalue weighted by molar-refractivity contribution is -0.167. The summed E-state index contributed by atoms with van der Waals surface area (Å²) in [4.78, 5) is 38.3. The summed E-state index contributed by atoms with van der Waals surface area (Å²) in [6.45, 7) is 6.68. The number of hydrogen-bond acceptors (Lipinski definition) is 6. The van der Waals surface area contributed by atoms with Gasteiger partial charge in [-0.15, -0.1) is 0 Å². The van der Waals surface area contributed by atoms with E-state index in [1.807, 2.05) is 0 Å².